The first-order chi connectivity index (χ1) is 13.6. The molecule has 0 aliphatic heterocycles. The van der Waals surface area contributed by atoms with Crippen LogP contribution in [0.15, 0.2) is 79.0 Å². The van der Waals surface area contributed by atoms with E-state index >= 15 is 0 Å². The zero-order valence-corrected chi connectivity index (χ0v) is 16.4. The molecule has 0 radical (unpaired) electrons. The van der Waals surface area contributed by atoms with Gasteiger partial charge in [-0.25, -0.2) is 4.98 Å². The number of carbonyl (C=O) groups excluding carboxylic acids is 1. The third-order valence-electron chi connectivity index (χ3n) is 4.37. The maximum atomic E-state index is 13.2. The van der Waals surface area contributed by atoms with E-state index in [9.17, 15) is 4.79 Å². The average Bonchev–Trinajstić information content (AvgIpc) is 2.73. The molecule has 1 heterocycles. The summed E-state index contributed by atoms with van der Waals surface area (Å²) >= 11 is 0. The van der Waals surface area contributed by atoms with Gasteiger partial charge in [0, 0.05) is 18.8 Å². The summed E-state index contributed by atoms with van der Waals surface area (Å²) < 4.78 is 0. The summed E-state index contributed by atoms with van der Waals surface area (Å²) in [4.78, 5) is 21.5. The molecular formula is C23H26N4O. The Hall–Kier alpha value is -3.18. The van der Waals surface area contributed by atoms with Gasteiger partial charge in [0.05, 0.1) is 18.4 Å². The third-order valence-corrected chi connectivity index (χ3v) is 4.37. The lowest BCUT2D eigenvalue weighted by molar-refractivity contribution is 0.0980. The number of benzene rings is 2. The summed E-state index contributed by atoms with van der Waals surface area (Å²) in [5, 5.41) is 3.31. The predicted octanol–water partition coefficient (Wildman–Crippen LogP) is 3.90. The Morgan fingerprint density at radius 1 is 0.929 bits per heavy atom. The van der Waals surface area contributed by atoms with E-state index < -0.39 is 0 Å². The van der Waals surface area contributed by atoms with E-state index in [4.69, 9.17) is 0 Å². The standard InChI is InChI=1S/C23H26N4O/c1-26(2)16-15-24-20-13-14-22(25-17-20)23(28)27(21-11-7-4-8-12-21)18-19-9-5-3-6-10-19/h3-14,17,24H,15-16,18H2,1-2H3. The molecule has 5 heteroatoms. The van der Waals surface area contributed by atoms with Gasteiger partial charge in [0.2, 0.25) is 0 Å². The SMILES string of the molecule is CN(C)CCNc1ccc(C(=O)N(Cc2ccccc2)c2ccccc2)nc1. The van der Waals surface area contributed by atoms with Crippen LogP contribution < -0.4 is 10.2 Å². The second-order valence-electron chi connectivity index (χ2n) is 6.87. The fraction of sp³-hybridized carbons (Fsp3) is 0.217. The highest BCUT2D eigenvalue weighted by atomic mass is 16.2. The Morgan fingerprint density at radius 2 is 1.61 bits per heavy atom. The van der Waals surface area contributed by atoms with Crippen LogP contribution in [0.2, 0.25) is 0 Å². The van der Waals surface area contributed by atoms with Crippen molar-refractivity contribution in [2.24, 2.45) is 0 Å². The van der Waals surface area contributed by atoms with Gasteiger partial charge in [-0.15, -0.1) is 0 Å². The monoisotopic (exact) mass is 374 g/mol. The summed E-state index contributed by atoms with van der Waals surface area (Å²) in [6.45, 7) is 2.25. The third kappa shape index (κ3) is 5.41. The van der Waals surface area contributed by atoms with Gasteiger partial charge in [0.1, 0.15) is 5.69 Å². The fourth-order valence-electron chi connectivity index (χ4n) is 2.84. The second-order valence-corrected chi connectivity index (χ2v) is 6.87. The first kappa shape index (κ1) is 19.6. The van der Waals surface area contributed by atoms with Crippen LogP contribution in [0.5, 0.6) is 0 Å². The molecule has 0 bridgehead atoms. The van der Waals surface area contributed by atoms with E-state index in [0.717, 1.165) is 30.0 Å². The van der Waals surface area contributed by atoms with Crippen molar-refractivity contribution < 1.29 is 4.79 Å². The van der Waals surface area contributed by atoms with Crippen LogP contribution in [-0.4, -0.2) is 43.0 Å². The van der Waals surface area contributed by atoms with Crippen LogP contribution in [0.25, 0.3) is 0 Å². The number of pyridine rings is 1. The molecule has 28 heavy (non-hydrogen) atoms. The van der Waals surface area contributed by atoms with Crippen molar-refractivity contribution >= 4 is 17.3 Å². The number of likely N-dealkylation sites (N-methyl/N-ethyl adjacent to an activating group) is 1. The summed E-state index contributed by atoms with van der Waals surface area (Å²) in [5.74, 6) is -0.116. The lowest BCUT2D eigenvalue weighted by atomic mass is 10.1. The van der Waals surface area contributed by atoms with Gasteiger partial charge < -0.3 is 15.1 Å². The van der Waals surface area contributed by atoms with Crippen molar-refractivity contribution in [3.05, 3.63) is 90.3 Å². The molecule has 0 saturated carbocycles. The molecule has 3 rings (SSSR count). The number of anilines is 2. The van der Waals surface area contributed by atoms with E-state index in [-0.39, 0.29) is 5.91 Å². The van der Waals surface area contributed by atoms with Gasteiger partial charge in [-0.3, -0.25) is 4.79 Å². The van der Waals surface area contributed by atoms with E-state index in [0.29, 0.717) is 12.2 Å². The second kappa shape index (κ2) is 9.67. The van der Waals surface area contributed by atoms with Crippen LogP contribution >= 0.6 is 0 Å². The Kier molecular flexibility index (Phi) is 6.76. The Balaban J connectivity index is 1.77. The minimum atomic E-state index is -0.116. The normalized spacial score (nSPS) is 10.7. The highest BCUT2D eigenvalue weighted by Gasteiger charge is 2.19. The van der Waals surface area contributed by atoms with Gasteiger partial charge in [-0.05, 0) is 43.9 Å². The zero-order chi connectivity index (χ0) is 19.8. The summed E-state index contributed by atoms with van der Waals surface area (Å²) in [6.07, 6.45) is 1.72. The van der Waals surface area contributed by atoms with Crippen molar-refractivity contribution in [3.63, 3.8) is 0 Å². The highest BCUT2D eigenvalue weighted by molar-refractivity contribution is 6.04. The van der Waals surface area contributed by atoms with Gasteiger partial charge in [0.25, 0.3) is 5.91 Å². The molecule has 3 aromatic rings. The smallest absolute Gasteiger partial charge is 0.277 e. The number of amides is 1. The first-order valence-corrected chi connectivity index (χ1v) is 9.39. The fourth-order valence-corrected chi connectivity index (χ4v) is 2.84. The quantitative estimate of drug-likeness (QED) is 0.650. The topological polar surface area (TPSA) is 48.5 Å². The Bertz CT molecular complexity index is 864. The van der Waals surface area contributed by atoms with Crippen LogP contribution in [0.1, 0.15) is 16.1 Å². The van der Waals surface area contributed by atoms with Crippen molar-refractivity contribution in [2.45, 2.75) is 6.54 Å². The lowest BCUT2D eigenvalue weighted by Gasteiger charge is -2.23. The molecule has 2 aromatic carbocycles. The van der Waals surface area contributed by atoms with Gasteiger partial charge in [-0.2, -0.15) is 0 Å². The number of carbonyl (C=O) groups is 1. The largest absolute Gasteiger partial charge is 0.383 e. The first-order valence-electron chi connectivity index (χ1n) is 9.39. The maximum Gasteiger partial charge on any atom is 0.277 e. The highest BCUT2D eigenvalue weighted by Crippen LogP contribution is 2.20. The van der Waals surface area contributed by atoms with E-state index in [1.807, 2.05) is 80.8 Å². The van der Waals surface area contributed by atoms with Crippen LogP contribution in [0.4, 0.5) is 11.4 Å². The lowest BCUT2D eigenvalue weighted by Crippen LogP contribution is -2.31. The summed E-state index contributed by atoms with van der Waals surface area (Å²) in [6, 6.07) is 23.4. The van der Waals surface area contributed by atoms with E-state index in [1.165, 1.54) is 0 Å². The van der Waals surface area contributed by atoms with Crippen LogP contribution in [-0.2, 0) is 6.54 Å². The molecule has 1 aromatic heterocycles. The van der Waals surface area contributed by atoms with Crippen LogP contribution in [0.3, 0.4) is 0 Å². The van der Waals surface area contributed by atoms with Crippen LogP contribution in [0, 0.1) is 0 Å². The van der Waals surface area contributed by atoms with Crippen molar-refractivity contribution in [1.82, 2.24) is 9.88 Å². The maximum absolute atomic E-state index is 13.2. The summed E-state index contributed by atoms with van der Waals surface area (Å²) in [7, 11) is 4.07. The predicted molar refractivity (Wildman–Crippen MR) is 115 cm³/mol. The number of para-hydroxylation sites is 1. The molecule has 1 amide bonds. The van der Waals surface area contributed by atoms with Crippen molar-refractivity contribution in [2.75, 3.05) is 37.4 Å². The molecule has 0 spiro atoms. The summed E-state index contributed by atoms with van der Waals surface area (Å²) in [5.41, 5.74) is 3.26. The molecule has 0 fully saturated rings. The molecule has 0 unspecified atom stereocenters. The van der Waals surface area contributed by atoms with Gasteiger partial charge in [0.15, 0.2) is 0 Å². The molecule has 0 saturated heterocycles. The van der Waals surface area contributed by atoms with Gasteiger partial charge in [-0.1, -0.05) is 48.5 Å². The van der Waals surface area contributed by atoms with Crippen molar-refractivity contribution in [3.8, 4) is 0 Å². The molecular weight excluding hydrogens is 348 g/mol. The number of nitrogens with one attached hydrogen (secondary N) is 1. The van der Waals surface area contributed by atoms with Crippen molar-refractivity contribution in [1.29, 1.82) is 0 Å². The number of aromatic nitrogens is 1. The molecule has 0 aliphatic rings. The number of nitrogens with zero attached hydrogens (tertiary/aromatic N) is 3. The Morgan fingerprint density at radius 3 is 2.21 bits per heavy atom. The zero-order valence-electron chi connectivity index (χ0n) is 16.4. The minimum absolute atomic E-state index is 0.116. The minimum Gasteiger partial charge on any atom is -0.383 e. The molecule has 144 valence electrons. The molecule has 0 aliphatic carbocycles. The number of hydrogen-bond acceptors (Lipinski definition) is 4. The van der Waals surface area contributed by atoms with E-state index in [2.05, 4.69) is 15.2 Å². The molecule has 5 nitrogen and oxygen atoms in total. The number of hydrogen-bond donors (Lipinski definition) is 1. The Labute approximate surface area is 166 Å². The molecule has 0 atom stereocenters. The molecule has 1 N–H and O–H groups in total. The average molecular weight is 374 g/mol. The van der Waals surface area contributed by atoms with E-state index in [1.54, 1.807) is 17.2 Å². The number of rotatable bonds is 8. The van der Waals surface area contributed by atoms with Gasteiger partial charge >= 0.3 is 0 Å².